The van der Waals surface area contributed by atoms with Gasteiger partial charge in [-0.25, -0.2) is 22.1 Å². The Kier molecular flexibility index (Phi) is 13.4. The summed E-state index contributed by atoms with van der Waals surface area (Å²) in [6, 6.07) is 6.01. The fraction of sp³-hybridized carbons (Fsp3) is 0.611. The largest absolute Gasteiger partial charge is 0.489 e. The predicted molar refractivity (Wildman–Crippen MR) is 123 cm³/mol. The first-order valence-electron chi connectivity index (χ1n) is 9.16. The lowest BCUT2D eigenvalue weighted by Gasteiger charge is -2.17. The van der Waals surface area contributed by atoms with Gasteiger partial charge in [0.05, 0.1) is 12.3 Å². The quantitative estimate of drug-likeness (QED) is 0.199. The number of nitrogens with zero attached hydrogens (tertiary/aromatic N) is 2. The van der Waals surface area contributed by atoms with Crippen molar-refractivity contribution in [1.29, 1.82) is 0 Å². The van der Waals surface area contributed by atoms with Gasteiger partial charge in [-0.15, -0.1) is 24.0 Å². The van der Waals surface area contributed by atoms with E-state index in [0.29, 0.717) is 44.3 Å². The predicted octanol–water partition coefficient (Wildman–Crippen LogP) is 2.44. The molecule has 0 radical (unpaired) electrons. The monoisotopic (exact) mass is 530 g/mol. The molecule has 0 aliphatic rings. The van der Waals surface area contributed by atoms with Gasteiger partial charge in [0.2, 0.25) is 10.0 Å². The van der Waals surface area contributed by atoms with Gasteiger partial charge in [-0.3, -0.25) is 0 Å². The molecule has 0 amide bonds. The van der Waals surface area contributed by atoms with E-state index in [2.05, 4.69) is 15.6 Å². The summed E-state index contributed by atoms with van der Waals surface area (Å²) < 4.78 is 43.6. The summed E-state index contributed by atoms with van der Waals surface area (Å²) in [5, 5.41) is 6.31. The van der Waals surface area contributed by atoms with Gasteiger partial charge in [-0.05, 0) is 39.3 Å². The Hall–Kier alpha value is -1.14. The molecule has 162 valence electrons. The lowest BCUT2D eigenvalue weighted by atomic mass is 10.3. The number of sulfonamides is 1. The molecule has 1 unspecified atom stereocenters. The van der Waals surface area contributed by atoms with Crippen LogP contribution < -0.4 is 15.4 Å². The Morgan fingerprint density at radius 1 is 1.32 bits per heavy atom. The van der Waals surface area contributed by atoms with Crippen molar-refractivity contribution in [2.75, 3.05) is 39.0 Å². The third kappa shape index (κ3) is 10.4. The lowest BCUT2D eigenvalue weighted by molar-refractivity contribution is 0.229. The van der Waals surface area contributed by atoms with Crippen LogP contribution in [-0.2, 0) is 10.0 Å². The van der Waals surface area contributed by atoms with E-state index >= 15 is 0 Å². The van der Waals surface area contributed by atoms with E-state index < -0.39 is 10.0 Å². The van der Waals surface area contributed by atoms with Gasteiger partial charge in [0.15, 0.2) is 5.96 Å². The normalized spacial score (nSPS) is 13.0. The van der Waals surface area contributed by atoms with Crippen LogP contribution in [0.3, 0.4) is 0 Å². The van der Waals surface area contributed by atoms with Gasteiger partial charge in [0, 0.05) is 32.7 Å². The molecule has 0 saturated heterocycles. The summed E-state index contributed by atoms with van der Waals surface area (Å²) in [6.45, 7) is 7.60. The molecule has 10 heteroatoms. The highest BCUT2D eigenvalue weighted by molar-refractivity contribution is 14.0. The van der Waals surface area contributed by atoms with Gasteiger partial charge in [0.1, 0.15) is 17.7 Å². The van der Waals surface area contributed by atoms with Crippen molar-refractivity contribution in [3.63, 3.8) is 0 Å². The summed E-state index contributed by atoms with van der Waals surface area (Å²) >= 11 is 0. The zero-order valence-electron chi connectivity index (χ0n) is 16.9. The number of rotatable bonds is 11. The average Bonchev–Trinajstić information content (AvgIpc) is 2.62. The van der Waals surface area contributed by atoms with Crippen molar-refractivity contribution < 1.29 is 17.5 Å². The molecule has 1 rings (SSSR count). The zero-order valence-corrected chi connectivity index (χ0v) is 20.1. The fourth-order valence-electron chi connectivity index (χ4n) is 2.24. The maximum atomic E-state index is 13.2. The van der Waals surface area contributed by atoms with Crippen LogP contribution in [0.15, 0.2) is 29.3 Å². The molecule has 28 heavy (non-hydrogen) atoms. The highest BCUT2D eigenvalue weighted by atomic mass is 127. The van der Waals surface area contributed by atoms with Gasteiger partial charge in [-0.1, -0.05) is 6.07 Å². The molecule has 0 spiro atoms. The van der Waals surface area contributed by atoms with Crippen LogP contribution in [-0.4, -0.2) is 63.8 Å². The second-order valence-electron chi connectivity index (χ2n) is 6.11. The van der Waals surface area contributed by atoms with Gasteiger partial charge in [0.25, 0.3) is 0 Å². The van der Waals surface area contributed by atoms with E-state index in [1.807, 2.05) is 13.8 Å². The SMILES string of the molecule is CCNC(=NCC(C)Oc1cccc(F)c1)NCCCN(C)S(=O)(=O)CC.I. The average molecular weight is 530 g/mol. The summed E-state index contributed by atoms with van der Waals surface area (Å²) in [4.78, 5) is 4.46. The topological polar surface area (TPSA) is 83.0 Å². The number of halogens is 2. The van der Waals surface area contributed by atoms with E-state index in [4.69, 9.17) is 4.74 Å². The molecule has 0 saturated carbocycles. The van der Waals surface area contributed by atoms with Crippen LogP contribution in [0, 0.1) is 5.82 Å². The highest BCUT2D eigenvalue weighted by Crippen LogP contribution is 2.13. The first-order chi connectivity index (χ1) is 12.8. The zero-order chi connectivity index (χ0) is 20.3. The minimum atomic E-state index is -3.15. The van der Waals surface area contributed by atoms with E-state index in [1.165, 1.54) is 16.4 Å². The Morgan fingerprint density at radius 3 is 2.64 bits per heavy atom. The molecule has 0 aromatic heterocycles. The van der Waals surface area contributed by atoms with Crippen molar-refractivity contribution in [3.05, 3.63) is 30.1 Å². The van der Waals surface area contributed by atoms with Crippen molar-refractivity contribution in [1.82, 2.24) is 14.9 Å². The Bertz CT molecular complexity index is 704. The molecular weight excluding hydrogens is 498 g/mol. The lowest BCUT2D eigenvalue weighted by Crippen LogP contribution is -2.39. The second kappa shape index (κ2) is 13.9. The number of guanidine groups is 1. The first-order valence-corrected chi connectivity index (χ1v) is 10.8. The van der Waals surface area contributed by atoms with Gasteiger partial charge >= 0.3 is 0 Å². The van der Waals surface area contributed by atoms with Crippen LogP contribution >= 0.6 is 24.0 Å². The van der Waals surface area contributed by atoms with Crippen LogP contribution in [0.4, 0.5) is 4.39 Å². The molecule has 0 heterocycles. The van der Waals surface area contributed by atoms with E-state index in [9.17, 15) is 12.8 Å². The molecule has 2 N–H and O–H groups in total. The number of nitrogens with one attached hydrogen (secondary N) is 2. The van der Waals surface area contributed by atoms with Crippen LogP contribution in [0.25, 0.3) is 0 Å². The van der Waals surface area contributed by atoms with E-state index in [-0.39, 0.29) is 41.7 Å². The molecular formula is C18H32FIN4O3S. The standard InChI is InChI=1S/C18H31FN4O3S.HI/c1-5-20-18(21-11-8-12-23(4)27(24,25)6-2)22-14-15(3)26-17-10-7-9-16(19)13-17;/h7,9-10,13,15H,5-6,8,11-12,14H2,1-4H3,(H2,20,21,22);1H. The first kappa shape index (κ1) is 26.9. The molecule has 0 aliphatic carbocycles. The van der Waals surface area contributed by atoms with Crippen LogP contribution in [0.1, 0.15) is 27.2 Å². The molecule has 1 aromatic rings. The summed E-state index contributed by atoms with van der Waals surface area (Å²) in [7, 11) is -1.56. The molecule has 0 bridgehead atoms. The number of hydrogen-bond donors (Lipinski definition) is 2. The van der Waals surface area contributed by atoms with Crippen molar-refractivity contribution in [2.45, 2.75) is 33.3 Å². The molecule has 0 fully saturated rings. The summed E-state index contributed by atoms with van der Waals surface area (Å²) in [6.07, 6.45) is 0.443. The second-order valence-corrected chi connectivity index (χ2v) is 8.47. The molecule has 1 atom stereocenters. The third-order valence-electron chi connectivity index (χ3n) is 3.77. The smallest absolute Gasteiger partial charge is 0.213 e. The van der Waals surface area contributed by atoms with E-state index in [0.717, 1.165) is 0 Å². The Morgan fingerprint density at radius 2 is 2.04 bits per heavy atom. The van der Waals surface area contributed by atoms with Gasteiger partial charge in [-0.2, -0.15) is 0 Å². The number of benzene rings is 1. The van der Waals surface area contributed by atoms with Crippen LogP contribution in [0.5, 0.6) is 5.75 Å². The minimum Gasteiger partial charge on any atom is -0.489 e. The van der Waals surface area contributed by atoms with Crippen molar-refractivity contribution in [2.24, 2.45) is 4.99 Å². The number of hydrogen-bond acceptors (Lipinski definition) is 4. The maximum Gasteiger partial charge on any atom is 0.213 e. The van der Waals surface area contributed by atoms with Crippen LogP contribution in [0.2, 0.25) is 0 Å². The molecule has 7 nitrogen and oxygen atoms in total. The summed E-state index contributed by atoms with van der Waals surface area (Å²) in [5.74, 6) is 0.863. The Labute approximate surface area is 185 Å². The molecule has 0 aliphatic heterocycles. The fourth-order valence-corrected chi connectivity index (χ4v) is 3.09. The van der Waals surface area contributed by atoms with E-state index in [1.54, 1.807) is 26.1 Å². The molecule has 1 aromatic carbocycles. The number of ether oxygens (including phenoxy) is 1. The third-order valence-corrected chi connectivity index (χ3v) is 5.63. The summed E-state index contributed by atoms with van der Waals surface area (Å²) in [5.41, 5.74) is 0. The highest BCUT2D eigenvalue weighted by Gasteiger charge is 2.14. The minimum absolute atomic E-state index is 0. The number of aliphatic imine (C=N–C) groups is 1. The maximum absolute atomic E-state index is 13.2. The Balaban J connectivity index is 0.00000729. The van der Waals surface area contributed by atoms with Gasteiger partial charge < -0.3 is 15.4 Å². The van der Waals surface area contributed by atoms with Crippen molar-refractivity contribution >= 4 is 40.0 Å². The van der Waals surface area contributed by atoms with Crippen molar-refractivity contribution in [3.8, 4) is 5.75 Å².